The van der Waals surface area contributed by atoms with Crippen molar-refractivity contribution >= 4 is 49.6 Å². The van der Waals surface area contributed by atoms with E-state index in [2.05, 4.69) is 44.1 Å². The first-order chi connectivity index (χ1) is 14.4. The van der Waals surface area contributed by atoms with Gasteiger partial charge in [0.2, 0.25) is 0 Å². The lowest BCUT2D eigenvalue weighted by Gasteiger charge is -2.35. The van der Waals surface area contributed by atoms with E-state index in [9.17, 15) is 4.21 Å². The van der Waals surface area contributed by atoms with Crippen molar-refractivity contribution in [1.82, 2.24) is 24.1 Å². The number of hydrogen-bond acceptors (Lipinski definition) is 7. The molecule has 1 saturated heterocycles. The molecule has 160 valence electrons. The number of aromatic nitrogens is 5. The van der Waals surface area contributed by atoms with Gasteiger partial charge in [0.1, 0.15) is 5.82 Å². The molecule has 0 bridgehead atoms. The smallest absolute Gasteiger partial charge is 0.167 e. The minimum absolute atomic E-state index is 0.186. The first-order valence-electron chi connectivity index (χ1n) is 9.74. The maximum Gasteiger partial charge on any atom is 0.167 e. The van der Waals surface area contributed by atoms with Crippen molar-refractivity contribution in [2.45, 2.75) is 30.6 Å². The zero-order valence-electron chi connectivity index (χ0n) is 16.7. The highest BCUT2D eigenvalue weighted by Gasteiger charge is 2.53. The van der Waals surface area contributed by atoms with Crippen molar-refractivity contribution < 1.29 is 8.95 Å². The van der Waals surface area contributed by atoms with Crippen molar-refractivity contribution in [3.05, 3.63) is 30.2 Å². The Morgan fingerprint density at radius 2 is 2.20 bits per heavy atom. The van der Waals surface area contributed by atoms with E-state index in [1.807, 2.05) is 16.6 Å². The molecule has 2 fully saturated rings. The molecule has 1 saturated carbocycles. The van der Waals surface area contributed by atoms with E-state index in [0.29, 0.717) is 25.2 Å². The van der Waals surface area contributed by atoms with Crippen molar-refractivity contribution in [1.29, 1.82) is 4.78 Å². The summed E-state index contributed by atoms with van der Waals surface area (Å²) in [4.78, 5) is 7.24. The van der Waals surface area contributed by atoms with Crippen LogP contribution in [0.25, 0.3) is 16.9 Å². The number of nitrogens with zero attached hydrogens (tertiary/aromatic N) is 6. The van der Waals surface area contributed by atoms with Crippen LogP contribution in [0, 0.1) is 4.78 Å². The third-order valence-electron chi connectivity index (χ3n) is 6.04. The molecule has 12 heteroatoms. The number of anilines is 1. The van der Waals surface area contributed by atoms with E-state index in [4.69, 9.17) is 14.5 Å². The van der Waals surface area contributed by atoms with Crippen molar-refractivity contribution in [2.75, 3.05) is 30.9 Å². The summed E-state index contributed by atoms with van der Waals surface area (Å²) in [5.74, 6) is 0.827. The first kappa shape index (κ1) is 20.6. The maximum atomic E-state index is 13.0. The second-order valence-electron chi connectivity index (χ2n) is 7.96. The normalized spacial score (nSPS) is 23.3. The van der Waals surface area contributed by atoms with Crippen molar-refractivity contribution in [2.24, 2.45) is 0 Å². The van der Waals surface area contributed by atoms with Crippen molar-refractivity contribution in [3.8, 4) is 11.3 Å². The average molecular weight is 559 g/mol. The molecule has 1 aliphatic carbocycles. The highest BCUT2D eigenvalue weighted by Crippen LogP contribution is 2.53. The Morgan fingerprint density at radius 1 is 1.40 bits per heavy atom. The summed E-state index contributed by atoms with van der Waals surface area (Å²) in [7, 11) is -2.80. The van der Waals surface area contributed by atoms with Gasteiger partial charge in [0, 0.05) is 25.1 Å². The Hall–Kier alpha value is -1.30. The molecule has 9 nitrogen and oxygen atoms in total. The summed E-state index contributed by atoms with van der Waals surface area (Å²) in [6.45, 7) is 4.16. The molecule has 0 spiro atoms. The van der Waals surface area contributed by atoms with E-state index < -0.39 is 14.5 Å². The zero-order valence-corrected chi connectivity index (χ0v) is 20.7. The molecule has 0 aromatic carbocycles. The van der Waals surface area contributed by atoms with E-state index in [1.165, 1.54) is 0 Å². The largest absolute Gasteiger partial charge is 0.377 e. The Balaban J connectivity index is 1.77. The fourth-order valence-electron chi connectivity index (χ4n) is 4.20. The van der Waals surface area contributed by atoms with Crippen LogP contribution in [0.2, 0.25) is 0 Å². The Labute approximate surface area is 189 Å². The van der Waals surface area contributed by atoms with Crippen LogP contribution in [0.4, 0.5) is 5.82 Å². The van der Waals surface area contributed by atoms with Crippen LogP contribution in [0.5, 0.6) is 0 Å². The third kappa shape index (κ3) is 3.16. The van der Waals surface area contributed by atoms with Gasteiger partial charge in [0.25, 0.3) is 0 Å². The van der Waals surface area contributed by atoms with Crippen LogP contribution in [0.1, 0.15) is 25.5 Å². The predicted molar refractivity (Wildman–Crippen MR) is 127 cm³/mol. The minimum Gasteiger partial charge on any atom is -0.377 e. The van der Waals surface area contributed by atoms with Gasteiger partial charge in [0.15, 0.2) is 5.65 Å². The number of fused-ring (bicyclic) bond motifs is 1. The van der Waals surface area contributed by atoms with Crippen LogP contribution < -0.4 is 4.90 Å². The van der Waals surface area contributed by atoms with E-state index in [-0.39, 0.29) is 6.04 Å². The first-order valence-corrected chi connectivity index (χ1v) is 15.8. The summed E-state index contributed by atoms with van der Waals surface area (Å²) in [6.07, 6.45) is 7.04. The molecule has 4 heterocycles. The topological polar surface area (TPSA) is 101 Å². The molecule has 1 N–H and O–H groups in total. The van der Waals surface area contributed by atoms with Gasteiger partial charge < -0.3 is 9.64 Å². The molecule has 0 radical (unpaired) electrons. The zero-order chi connectivity index (χ0) is 21.1. The number of hydrogen-bond donors (Lipinski definition) is 1. The second-order valence-corrected chi connectivity index (χ2v) is 12.5. The number of rotatable bonds is 5. The highest BCUT2D eigenvalue weighted by atomic mass is 127. The molecule has 3 aromatic rings. The van der Waals surface area contributed by atoms with Gasteiger partial charge in [0.05, 0.1) is 63.3 Å². The number of nitrogens with one attached hydrogen (secondary N) is 1. The molecule has 3 aromatic heterocycles. The maximum absolute atomic E-state index is 13.0. The van der Waals surface area contributed by atoms with E-state index in [1.54, 1.807) is 23.2 Å². The van der Waals surface area contributed by atoms with Gasteiger partial charge in [-0.3, -0.25) is 4.78 Å². The molecular formula is C18H23IN7O2PS. The quantitative estimate of drug-likeness (QED) is 0.381. The predicted octanol–water partition coefficient (Wildman–Crippen LogP) is 3.28. The summed E-state index contributed by atoms with van der Waals surface area (Å²) in [6, 6.07) is 4.15. The van der Waals surface area contributed by atoms with Crippen LogP contribution >= 0.6 is 28.4 Å². The van der Waals surface area contributed by atoms with Gasteiger partial charge in [-0.2, -0.15) is 10.2 Å². The van der Waals surface area contributed by atoms with Crippen molar-refractivity contribution in [3.63, 3.8) is 0 Å². The van der Waals surface area contributed by atoms with Crippen LogP contribution in [0.15, 0.2) is 24.5 Å². The Kier molecular flexibility index (Phi) is 5.07. The SMILES string of the molecule is C[C@@H]1COCCN1c1cc(C2(S(C)(=N)=O)CC2)n2ncc(-c3ccnn3PI)c2n1. The van der Waals surface area contributed by atoms with E-state index >= 15 is 0 Å². The Bertz CT molecular complexity index is 1220. The Morgan fingerprint density at radius 3 is 2.87 bits per heavy atom. The van der Waals surface area contributed by atoms with Gasteiger partial charge in [-0.05, 0) is 47.9 Å². The lowest BCUT2D eigenvalue weighted by molar-refractivity contribution is 0.0985. The standard InChI is InChI=1S/C18H23IN7O2PS/c1-12-11-28-8-7-24(12)16-9-15(18(4-5-18)30(2,20)27)25-17(23-16)13(10-22-25)14-3-6-21-26(14)29-19/h3,6,9-10,12,20,29H,4-5,7-8,11H2,1-2H3/t12-,30?/m1/s1. The lowest BCUT2D eigenvalue weighted by atomic mass is 10.2. The third-order valence-corrected chi connectivity index (χ3v) is 10.0. The summed E-state index contributed by atoms with van der Waals surface area (Å²) >= 11 is 2.30. The molecule has 5 rings (SSSR count). The molecular weight excluding hydrogens is 536 g/mol. The molecule has 2 unspecified atom stereocenters. The van der Waals surface area contributed by atoms with Crippen LogP contribution in [-0.4, -0.2) is 60.4 Å². The monoisotopic (exact) mass is 559 g/mol. The fourth-order valence-corrected chi connectivity index (χ4v) is 7.18. The summed E-state index contributed by atoms with van der Waals surface area (Å²) in [5.41, 5.74) is 3.38. The van der Waals surface area contributed by atoms with Gasteiger partial charge in [-0.1, -0.05) is 0 Å². The van der Waals surface area contributed by atoms with Gasteiger partial charge in [-0.25, -0.2) is 18.2 Å². The minimum atomic E-state index is -2.80. The summed E-state index contributed by atoms with van der Waals surface area (Å²) < 4.78 is 30.0. The van der Waals surface area contributed by atoms with Crippen LogP contribution in [-0.2, 0) is 19.2 Å². The molecule has 30 heavy (non-hydrogen) atoms. The van der Waals surface area contributed by atoms with Gasteiger partial charge >= 0.3 is 0 Å². The molecule has 0 amide bonds. The van der Waals surface area contributed by atoms with Crippen LogP contribution in [0.3, 0.4) is 0 Å². The molecule has 1 aliphatic heterocycles. The second kappa shape index (κ2) is 7.39. The summed E-state index contributed by atoms with van der Waals surface area (Å²) in [5, 5.41) is 9.04. The number of morpholine rings is 1. The lowest BCUT2D eigenvalue weighted by Crippen LogP contribution is -2.44. The number of ether oxygens (including phenoxy) is 1. The highest BCUT2D eigenvalue weighted by molar-refractivity contribution is 14.2. The molecule has 2 aliphatic rings. The van der Waals surface area contributed by atoms with E-state index in [0.717, 1.165) is 42.2 Å². The number of halogens is 1. The fraction of sp³-hybridized carbons (Fsp3) is 0.500. The molecule has 3 atom stereocenters. The van der Waals surface area contributed by atoms with Gasteiger partial charge in [-0.15, -0.1) is 0 Å². The average Bonchev–Trinajstić information content (AvgIpc) is 3.23.